The quantitative estimate of drug-likeness (QED) is 0.370. The summed E-state index contributed by atoms with van der Waals surface area (Å²) in [5.41, 5.74) is 4.35. The summed E-state index contributed by atoms with van der Waals surface area (Å²) in [7, 11) is -3.53. The molecule has 9 heteroatoms. The molecule has 2 atom stereocenters. The van der Waals surface area contributed by atoms with E-state index < -0.39 is 15.9 Å². The van der Waals surface area contributed by atoms with E-state index in [4.69, 9.17) is 23.2 Å². The average Bonchev–Trinajstić information content (AvgIpc) is 2.80. The van der Waals surface area contributed by atoms with Crippen LogP contribution in [0.15, 0.2) is 65.6 Å². The fraction of sp³-hybridized carbons (Fsp3) is 0.269. The van der Waals surface area contributed by atoms with E-state index in [2.05, 4.69) is 22.9 Å². The first kappa shape index (κ1) is 25.5. The lowest BCUT2D eigenvalue weighted by molar-refractivity contribution is 0.249. The van der Waals surface area contributed by atoms with E-state index in [0.29, 0.717) is 27.3 Å². The Hall–Kier alpha value is -2.58. The summed E-state index contributed by atoms with van der Waals surface area (Å²) in [6, 6.07) is 16.8. The lowest BCUT2D eigenvalue weighted by Crippen LogP contribution is -2.32. The Bertz CT molecular complexity index is 1340. The predicted octanol–water partition coefficient (Wildman–Crippen LogP) is 5.88. The molecule has 3 aromatic rings. The lowest BCUT2D eigenvalue weighted by atomic mass is 9.95. The molecule has 0 aliphatic carbocycles. The molecule has 184 valence electrons. The average molecular weight is 532 g/mol. The van der Waals surface area contributed by atoms with Crippen LogP contribution in [0, 0.1) is 0 Å². The monoisotopic (exact) mass is 531 g/mol. The minimum Gasteiger partial charge on any atom is -0.331 e. The van der Waals surface area contributed by atoms with E-state index in [1.807, 2.05) is 18.2 Å². The smallest absolute Gasteiger partial charge is 0.319 e. The second-order valence-corrected chi connectivity index (χ2v) is 11.6. The molecule has 4 rings (SSSR count). The van der Waals surface area contributed by atoms with Crippen molar-refractivity contribution in [3.8, 4) is 0 Å². The van der Waals surface area contributed by atoms with Crippen LogP contribution in [-0.2, 0) is 28.6 Å². The molecule has 6 nitrogen and oxygen atoms in total. The third kappa shape index (κ3) is 6.16. The largest absolute Gasteiger partial charge is 0.331 e. The number of amides is 2. The Kier molecular flexibility index (Phi) is 7.71. The van der Waals surface area contributed by atoms with Gasteiger partial charge in [-0.25, -0.2) is 13.2 Å². The number of anilines is 1. The van der Waals surface area contributed by atoms with E-state index in [-0.39, 0.29) is 16.7 Å². The van der Waals surface area contributed by atoms with Gasteiger partial charge in [-0.1, -0.05) is 53.5 Å². The van der Waals surface area contributed by atoms with Crippen LogP contribution >= 0.6 is 23.2 Å². The van der Waals surface area contributed by atoms with Crippen molar-refractivity contribution in [1.82, 2.24) is 10.6 Å². The van der Waals surface area contributed by atoms with Crippen molar-refractivity contribution in [3.05, 3.63) is 93.0 Å². The highest BCUT2D eigenvalue weighted by molar-refractivity contribution is 7.90. The van der Waals surface area contributed by atoms with Crippen molar-refractivity contribution in [2.24, 2.45) is 0 Å². The highest BCUT2D eigenvalue weighted by Crippen LogP contribution is 2.30. The second-order valence-electron chi connectivity index (χ2n) is 8.84. The van der Waals surface area contributed by atoms with Crippen LogP contribution < -0.4 is 16.0 Å². The number of hydrogen-bond acceptors (Lipinski definition) is 4. The molecule has 1 aliphatic rings. The molecule has 0 radical (unpaired) electrons. The third-order valence-electron chi connectivity index (χ3n) is 6.06. The van der Waals surface area contributed by atoms with Crippen molar-refractivity contribution in [1.29, 1.82) is 0 Å². The first-order chi connectivity index (χ1) is 16.6. The molecule has 0 bridgehead atoms. The molecule has 1 aliphatic heterocycles. The van der Waals surface area contributed by atoms with Gasteiger partial charge in [-0.2, -0.15) is 0 Å². The molecule has 0 saturated carbocycles. The number of urea groups is 1. The molecular formula is C26H27Cl2N3O3S. The fourth-order valence-corrected chi connectivity index (χ4v) is 5.97. The predicted molar refractivity (Wildman–Crippen MR) is 141 cm³/mol. The summed E-state index contributed by atoms with van der Waals surface area (Å²) in [4.78, 5) is 12.6. The molecule has 0 saturated heterocycles. The van der Waals surface area contributed by atoms with Gasteiger partial charge in [0.1, 0.15) is 0 Å². The van der Waals surface area contributed by atoms with Gasteiger partial charge in [0.15, 0.2) is 9.84 Å². The summed E-state index contributed by atoms with van der Waals surface area (Å²) in [6.45, 7) is 4.72. The zero-order valence-corrected chi connectivity index (χ0v) is 21.8. The van der Waals surface area contributed by atoms with Gasteiger partial charge >= 0.3 is 6.03 Å². The van der Waals surface area contributed by atoms with E-state index >= 15 is 0 Å². The Labute approximate surface area is 216 Å². The number of hydrogen-bond donors (Lipinski definition) is 3. The number of carbonyl (C=O) groups excluding carboxylic acids is 1. The maximum Gasteiger partial charge on any atom is 0.319 e. The molecule has 35 heavy (non-hydrogen) atoms. The van der Waals surface area contributed by atoms with Gasteiger partial charge in [0.25, 0.3) is 0 Å². The maximum atomic E-state index is 13.0. The molecule has 2 unspecified atom stereocenters. The van der Waals surface area contributed by atoms with Crippen molar-refractivity contribution >= 4 is 44.8 Å². The van der Waals surface area contributed by atoms with Crippen LogP contribution in [0.1, 0.15) is 42.1 Å². The van der Waals surface area contributed by atoms with Gasteiger partial charge in [0.05, 0.1) is 26.7 Å². The van der Waals surface area contributed by atoms with Gasteiger partial charge in [-0.15, -0.1) is 0 Å². The highest BCUT2D eigenvalue weighted by atomic mass is 35.5. The van der Waals surface area contributed by atoms with Crippen LogP contribution in [0.2, 0.25) is 10.0 Å². The Morgan fingerprint density at radius 2 is 1.83 bits per heavy atom. The molecule has 2 amide bonds. The third-order valence-corrected chi connectivity index (χ3v) is 8.60. The molecule has 3 N–H and O–H groups in total. The van der Waals surface area contributed by atoms with Crippen molar-refractivity contribution in [2.75, 3.05) is 5.32 Å². The van der Waals surface area contributed by atoms with Gasteiger partial charge in [0, 0.05) is 18.3 Å². The molecule has 0 aromatic heterocycles. The zero-order chi connectivity index (χ0) is 25.2. The Morgan fingerprint density at radius 3 is 2.57 bits per heavy atom. The molecular weight excluding hydrogens is 505 g/mol. The van der Waals surface area contributed by atoms with Gasteiger partial charge in [0.2, 0.25) is 0 Å². The minimum atomic E-state index is -3.53. The van der Waals surface area contributed by atoms with Crippen molar-refractivity contribution < 1.29 is 13.2 Å². The van der Waals surface area contributed by atoms with E-state index in [1.165, 1.54) is 23.3 Å². The van der Waals surface area contributed by atoms with Crippen molar-refractivity contribution in [3.63, 3.8) is 0 Å². The molecule has 1 heterocycles. The second kappa shape index (κ2) is 10.6. The number of carbonyl (C=O) groups is 1. The summed E-state index contributed by atoms with van der Waals surface area (Å²) in [5.74, 6) is -0.0761. The van der Waals surface area contributed by atoms with Crippen LogP contribution in [0.25, 0.3) is 0 Å². The van der Waals surface area contributed by atoms with Crippen LogP contribution in [0.3, 0.4) is 0 Å². The normalized spacial score (nSPS) is 16.3. The van der Waals surface area contributed by atoms with E-state index in [1.54, 1.807) is 37.3 Å². The summed E-state index contributed by atoms with van der Waals surface area (Å²) in [6.07, 6.45) is 0.883. The van der Waals surface area contributed by atoms with Crippen LogP contribution in [0.5, 0.6) is 0 Å². The van der Waals surface area contributed by atoms with Gasteiger partial charge in [-0.05, 0) is 72.9 Å². The van der Waals surface area contributed by atoms with Crippen LogP contribution in [-0.4, -0.2) is 20.5 Å². The standard InChI is InChI=1S/C26H27Cl2N3O3S/c1-16-12-20-13-18(6-7-19(20)14-29-16)15-35(33,34)22-10-8-21(9-11-22)31-26(32)30-17(2)23-4-3-5-24(27)25(23)28/h3-11,13,16-17,29H,12,14-15H2,1-2H3,(H2,30,31,32). The Morgan fingerprint density at radius 1 is 1.09 bits per heavy atom. The maximum absolute atomic E-state index is 13.0. The topological polar surface area (TPSA) is 87.3 Å². The number of fused-ring (bicyclic) bond motifs is 1. The number of rotatable bonds is 6. The fourth-order valence-electron chi connectivity index (χ4n) is 4.16. The first-order valence-electron chi connectivity index (χ1n) is 11.3. The number of nitrogens with one attached hydrogen (secondary N) is 3. The summed E-state index contributed by atoms with van der Waals surface area (Å²) >= 11 is 12.3. The number of halogens is 2. The zero-order valence-electron chi connectivity index (χ0n) is 19.4. The summed E-state index contributed by atoms with van der Waals surface area (Å²) < 4.78 is 26.0. The molecule has 0 fully saturated rings. The van der Waals surface area contributed by atoms with Gasteiger partial charge in [-0.3, -0.25) is 0 Å². The number of benzene rings is 3. The van der Waals surface area contributed by atoms with Crippen LogP contribution in [0.4, 0.5) is 10.5 Å². The SMILES string of the molecule is CC1Cc2cc(CS(=O)(=O)c3ccc(NC(=O)NC(C)c4cccc(Cl)c4Cl)cc3)ccc2CN1. The number of sulfone groups is 1. The minimum absolute atomic E-state index is 0.0761. The first-order valence-corrected chi connectivity index (χ1v) is 13.7. The highest BCUT2D eigenvalue weighted by Gasteiger charge is 2.19. The lowest BCUT2D eigenvalue weighted by Gasteiger charge is -2.23. The van der Waals surface area contributed by atoms with Crippen molar-refractivity contribution in [2.45, 2.75) is 49.5 Å². The molecule has 0 spiro atoms. The summed E-state index contributed by atoms with van der Waals surface area (Å²) in [5, 5.41) is 9.73. The van der Waals surface area contributed by atoms with E-state index in [9.17, 15) is 13.2 Å². The van der Waals surface area contributed by atoms with E-state index in [0.717, 1.165) is 18.5 Å². The Balaban J connectivity index is 1.39. The van der Waals surface area contributed by atoms with Gasteiger partial charge < -0.3 is 16.0 Å². The molecule has 3 aromatic carbocycles.